The predicted molar refractivity (Wildman–Crippen MR) is 135 cm³/mol. The van der Waals surface area contributed by atoms with Crippen LogP contribution in [0.2, 0.25) is 0 Å². The Bertz CT molecular complexity index is 938. The summed E-state index contributed by atoms with van der Waals surface area (Å²) in [7, 11) is 9.53. The van der Waals surface area contributed by atoms with Crippen molar-refractivity contribution in [3.63, 3.8) is 0 Å². The summed E-state index contributed by atoms with van der Waals surface area (Å²) >= 11 is 0.194. The van der Waals surface area contributed by atoms with Gasteiger partial charge in [0.05, 0.1) is 23.8 Å². The zero-order valence-electron chi connectivity index (χ0n) is 18.9. The fraction of sp³-hybridized carbons (Fsp3) is 0.308. The molecule has 2 unspecified atom stereocenters. The third kappa shape index (κ3) is 7.94. The van der Waals surface area contributed by atoms with Crippen LogP contribution in [0.15, 0.2) is 75.1 Å². The van der Waals surface area contributed by atoms with Crippen LogP contribution in [0.4, 0.5) is 11.4 Å². The first-order chi connectivity index (χ1) is 15.5. The van der Waals surface area contributed by atoms with Gasteiger partial charge >= 0.3 is 33.3 Å². The summed E-state index contributed by atoms with van der Waals surface area (Å²) in [5.41, 5.74) is 4.52. The predicted octanol–water partition coefficient (Wildman–Crippen LogP) is 9.18. The Morgan fingerprint density at radius 2 is 1.12 bits per heavy atom. The van der Waals surface area contributed by atoms with E-state index >= 15 is 0 Å². The summed E-state index contributed by atoms with van der Waals surface area (Å²) in [6.07, 6.45) is 5.75. The van der Waals surface area contributed by atoms with E-state index in [4.69, 9.17) is 24.6 Å². The quantitative estimate of drug-likeness (QED) is 0.219. The van der Waals surface area contributed by atoms with Crippen LogP contribution in [0.5, 0.6) is 0 Å². The van der Waals surface area contributed by atoms with Gasteiger partial charge in [-0.25, -0.2) is 0 Å². The maximum atomic E-state index is 5.88. The molecule has 1 aromatic heterocycles. The molecule has 0 amide bonds. The zero-order valence-corrected chi connectivity index (χ0v) is 21.5. The van der Waals surface area contributed by atoms with E-state index in [-0.39, 0.29) is 13.1 Å². The standard InChI is InChI=1S/C26H30N2O.2ClH.Fe/c1-5-19(3)23-11-7-9-13-25(23)27-17-21-15-16-22(29-21)18-28-26-14-10-8-12-24(26)20(4)6-2;;;/h7-20H,5-6H2,1-4H3;2*1H;/q;;;+2/p-2. The average molecular weight is 513 g/mol. The van der Waals surface area contributed by atoms with E-state index in [2.05, 4.69) is 74.1 Å². The number of halogens is 2. The van der Waals surface area contributed by atoms with E-state index in [9.17, 15) is 0 Å². The van der Waals surface area contributed by atoms with E-state index in [1.807, 2.05) is 24.3 Å². The second-order valence-electron chi connectivity index (χ2n) is 7.54. The van der Waals surface area contributed by atoms with Crippen molar-refractivity contribution in [1.82, 2.24) is 0 Å². The molecule has 2 atom stereocenters. The molecule has 0 aliphatic heterocycles. The van der Waals surface area contributed by atoms with Gasteiger partial charge in [0.1, 0.15) is 11.5 Å². The van der Waals surface area contributed by atoms with Crippen LogP contribution in [0.25, 0.3) is 0 Å². The minimum absolute atomic E-state index is 0.194. The van der Waals surface area contributed by atoms with E-state index in [1.165, 1.54) is 11.1 Å². The van der Waals surface area contributed by atoms with Gasteiger partial charge in [-0.2, -0.15) is 0 Å². The molecule has 0 saturated carbocycles. The Hall–Kier alpha value is -1.84. The molecule has 0 N–H and O–H groups in total. The third-order valence-corrected chi connectivity index (χ3v) is 5.47. The minimum atomic E-state index is 0.194. The summed E-state index contributed by atoms with van der Waals surface area (Å²) in [5.74, 6) is 2.41. The van der Waals surface area contributed by atoms with Crippen LogP contribution in [0.3, 0.4) is 0 Å². The molecule has 3 nitrogen and oxygen atoms in total. The third-order valence-electron chi connectivity index (χ3n) is 5.47. The van der Waals surface area contributed by atoms with Crippen molar-refractivity contribution in [2.45, 2.75) is 52.4 Å². The Balaban J connectivity index is 0.00000114. The van der Waals surface area contributed by atoms with E-state index in [0.717, 1.165) is 35.7 Å². The molecule has 0 spiro atoms. The van der Waals surface area contributed by atoms with Gasteiger partial charge in [0.2, 0.25) is 0 Å². The molecule has 0 radical (unpaired) electrons. The molecule has 0 saturated heterocycles. The first kappa shape index (κ1) is 26.4. The molecule has 32 heavy (non-hydrogen) atoms. The number of aliphatic imine (C=N–C) groups is 2. The molecular formula is C26H30Cl2FeN2O. The van der Waals surface area contributed by atoms with E-state index in [1.54, 1.807) is 12.4 Å². The SMILES string of the molecule is CCC(C)c1ccccc1N=Cc1ccc(C=Nc2ccccc2C(C)CC)o1.[Cl][Fe][Cl]. The van der Waals surface area contributed by atoms with Crippen LogP contribution in [0, 0.1) is 0 Å². The van der Waals surface area contributed by atoms with Gasteiger partial charge in [0.25, 0.3) is 0 Å². The van der Waals surface area contributed by atoms with Gasteiger partial charge in [-0.05, 0) is 60.1 Å². The van der Waals surface area contributed by atoms with Crippen LogP contribution >= 0.6 is 20.2 Å². The fourth-order valence-electron chi connectivity index (χ4n) is 3.26. The number of furan rings is 1. The Labute approximate surface area is 206 Å². The molecule has 0 aliphatic rings. The fourth-order valence-corrected chi connectivity index (χ4v) is 3.26. The Morgan fingerprint density at radius 3 is 1.50 bits per heavy atom. The molecule has 172 valence electrons. The van der Waals surface area contributed by atoms with Crippen molar-refractivity contribution in [2.24, 2.45) is 9.98 Å². The van der Waals surface area contributed by atoms with E-state index in [0.29, 0.717) is 11.8 Å². The van der Waals surface area contributed by atoms with Crippen molar-refractivity contribution < 1.29 is 17.6 Å². The average Bonchev–Trinajstić information content (AvgIpc) is 3.29. The number of benzene rings is 2. The number of hydrogen-bond donors (Lipinski definition) is 0. The van der Waals surface area contributed by atoms with Gasteiger partial charge in [0.15, 0.2) is 0 Å². The van der Waals surface area contributed by atoms with Crippen molar-refractivity contribution in [3.8, 4) is 0 Å². The number of nitrogens with zero attached hydrogens (tertiary/aromatic N) is 2. The first-order valence-electron chi connectivity index (χ1n) is 10.7. The summed E-state index contributed by atoms with van der Waals surface area (Å²) in [5, 5.41) is 0. The summed E-state index contributed by atoms with van der Waals surface area (Å²) in [6, 6.07) is 20.4. The summed E-state index contributed by atoms with van der Waals surface area (Å²) in [4.78, 5) is 9.32. The number of para-hydroxylation sites is 2. The van der Waals surface area contributed by atoms with E-state index < -0.39 is 0 Å². The monoisotopic (exact) mass is 512 g/mol. The first-order valence-corrected chi connectivity index (χ1v) is 13.8. The molecule has 0 fully saturated rings. The maximum absolute atomic E-state index is 5.88. The number of hydrogen-bond acceptors (Lipinski definition) is 3. The van der Waals surface area contributed by atoms with Gasteiger partial charge in [0, 0.05) is 0 Å². The molecule has 0 aliphatic carbocycles. The second kappa shape index (κ2) is 14.3. The normalized spacial score (nSPS) is 13.3. The topological polar surface area (TPSA) is 37.9 Å². The summed E-state index contributed by atoms with van der Waals surface area (Å²) in [6.45, 7) is 8.85. The zero-order chi connectivity index (χ0) is 23.3. The molecule has 2 aromatic carbocycles. The Morgan fingerprint density at radius 1 is 0.750 bits per heavy atom. The van der Waals surface area contributed by atoms with Crippen LogP contribution < -0.4 is 0 Å². The number of rotatable bonds is 8. The van der Waals surface area contributed by atoms with Crippen LogP contribution in [-0.2, 0) is 13.1 Å². The van der Waals surface area contributed by atoms with Gasteiger partial charge < -0.3 is 4.42 Å². The molecule has 1 heterocycles. The molecular weight excluding hydrogens is 483 g/mol. The molecule has 3 aromatic rings. The summed E-state index contributed by atoms with van der Waals surface area (Å²) < 4.78 is 5.88. The van der Waals surface area contributed by atoms with Crippen molar-refractivity contribution in [3.05, 3.63) is 83.3 Å². The molecule has 0 bridgehead atoms. The van der Waals surface area contributed by atoms with Gasteiger partial charge in [-0.3, -0.25) is 9.98 Å². The van der Waals surface area contributed by atoms with Crippen molar-refractivity contribution in [1.29, 1.82) is 0 Å². The molecule has 6 heteroatoms. The van der Waals surface area contributed by atoms with Crippen molar-refractivity contribution in [2.75, 3.05) is 0 Å². The van der Waals surface area contributed by atoms with Crippen molar-refractivity contribution >= 4 is 44.0 Å². The Kier molecular flexibility index (Phi) is 11.8. The molecule has 3 rings (SSSR count). The van der Waals surface area contributed by atoms with Gasteiger partial charge in [-0.1, -0.05) is 64.1 Å². The van der Waals surface area contributed by atoms with Crippen LogP contribution in [-0.4, -0.2) is 12.4 Å². The van der Waals surface area contributed by atoms with Crippen LogP contribution in [0.1, 0.15) is 75.0 Å². The second-order valence-corrected chi connectivity index (χ2v) is 9.37. The van der Waals surface area contributed by atoms with Gasteiger partial charge in [-0.15, -0.1) is 0 Å².